The minimum absolute atomic E-state index is 0.128. The lowest BCUT2D eigenvalue weighted by atomic mass is 10.0. The lowest BCUT2D eigenvalue weighted by Crippen LogP contribution is -2.31. The summed E-state index contributed by atoms with van der Waals surface area (Å²) in [6, 6.07) is 27.4. The van der Waals surface area contributed by atoms with Gasteiger partial charge in [-0.15, -0.1) is 0 Å². The van der Waals surface area contributed by atoms with Crippen LogP contribution < -0.4 is 5.32 Å². The third-order valence-electron chi connectivity index (χ3n) is 4.78. The molecule has 28 heavy (non-hydrogen) atoms. The van der Waals surface area contributed by atoms with Crippen LogP contribution in [0.15, 0.2) is 97.3 Å². The molecule has 1 N–H and O–H groups in total. The minimum atomic E-state index is -0.317. The molecular weight excluding hydrogens is 346 g/mol. The van der Waals surface area contributed by atoms with Gasteiger partial charge in [0, 0.05) is 25.0 Å². The number of nitrogens with zero attached hydrogens (tertiary/aromatic N) is 2. The van der Waals surface area contributed by atoms with Gasteiger partial charge in [-0.25, -0.2) is 4.98 Å². The van der Waals surface area contributed by atoms with Crippen LogP contribution in [0.1, 0.15) is 27.8 Å². The van der Waals surface area contributed by atoms with Gasteiger partial charge in [-0.2, -0.15) is 0 Å². The first kappa shape index (κ1) is 17.7. The monoisotopic (exact) mass is 367 g/mol. The van der Waals surface area contributed by atoms with Crippen LogP contribution in [0.5, 0.6) is 0 Å². The average molecular weight is 367 g/mol. The predicted molar refractivity (Wildman–Crippen MR) is 111 cm³/mol. The molecule has 1 atom stereocenters. The van der Waals surface area contributed by atoms with Gasteiger partial charge in [0.25, 0.3) is 5.91 Å². The summed E-state index contributed by atoms with van der Waals surface area (Å²) in [5.41, 5.74) is 3.83. The third kappa shape index (κ3) is 3.71. The van der Waals surface area contributed by atoms with E-state index in [-0.39, 0.29) is 11.9 Å². The number of aryl methyl sites for hydroxylation is 1. The first-order valence-corrected chi connectivity index (χ1v) is 9.21. The highest BCUT2D eigenvalue weighted by molar-refractivity contribution is 5.95. The van der Waals surface area contributed by atoms with E-state index in [1.54, 1.807) is 6.20 Å². The Bertz CT molecular complexity index is 1050. The summed E-state index contributed by atoms with van der Waals surface area (Å²) in [7, 11) is 1.93. The van der Waals surface area contributed by atoms with E-state index in [0.29, 0.717) is 5.56 Å². The third-order valence-corrected chi connectivity index (χ3v) is 4.78. The van der Waals surface area contributed by atoms with Crippen molar-refractivity contribution in [1.29, 1.82) is 0 Å². The fraction of sp³-hybridized carbons (Fsp3) is 0.0833. The molecule has 1 amide bonds. The smallest absolute Gasteiger partial charge is 0.252 e. The number of amides is 1. The van der Waals surface area contributed by atoms with Crippen LogP contribution in [-0.2, 0) is 7.05 Å². The van der Waals surface area contributed by atoms with Crippen molar-refractivity contribution < 1.29 is 4.79 Å². The fourth-order valence-corrected chi connectivity index (χ4v) is 3.26. The highest BCUT2D eigenvalue weighted by atomic mass is 16.1. The second-order valence-corrected chi connectivity index (χ2v) is 6.66. The molecule has 0 aliphatic heterocycles. The van der Waals surface area contributed by atoms with Crippen molar-refractivity contribution in [2.24, 2.45) is 7.05 Å². The molecule has 1 heterocycles. The molecule has 0 saturated heterocycles. The van der Waals surface area contributed by atoms with Crippen LogP contribution >= 0.6 is 0 Å². The normalized spacial score (nSPS) is 11.8. The number of aromatic nitrogens is 2. The Morgan fingerprint density at radius 2 is 1.46 bits per heavy atom. The Kier molecular flexibility index (Phi) is 5.02. The molecule has 1 aromatic heterocycles. The zero-order valence-corrected chi connectivity index (χ0v) is 15.6. The van der Waals surface area contributed by atoms with Gasteiger partial charge in [-0.1, -0.05) is 72.8 Å². The number of imidazole rings is 1. The predicted octanol–water partition coefficient (Wildman–Crippen LogP) is 4.61. The molecule has 0 radical (unpaired) electrons. The Hall–Kier alpha value is -3.66. The maximum Gasteiger partial charge on any atom is 0.252 e. The van der Waals surface area contributed by atoms with Crippen LogP contribution in [-0.4, -0.2) is 15.5 Å². The SMILES string of the molecule is Cn1ccnc1C(NC(=O)c1ccc(-c2ccccc2)cc1)c1ccccc1. The largest absolute Gasteiger partial charge is 0.338 e. The van der Waals surface area contributed by atoms with Gasteiger partial charge < -0.3 is 9.88 Å². The molecular formula is C24H21N3O. The Morgan fingerprint density at radius 1 is 0.857 bits per heavy atom. The Balaban J connectivity index is 1.59. The van der Waals surface area contributed by atoms with E-state index in [1.807, 2.05) is 90.6 Å². The van der Waals surface area contributed by atoms with E-state index in [1.165, 1.54) is 0 Å². The topological polar surface area (TPSA) is 46.9 Å². The van der Waals surface area contributed by atoms with Crippen molar-refractivity contribution in [2.75, 3.05) is 0 Å². The van der Waals surface area contributed by atoms with Crippen LogP contribution in [0, 0.1) is 0 Å². The maximum atomic E-state index is 12.9. The lowest BCUT2D eigenvalue weighted by molar-refractivity contribution is 0.0941. The van der Waals surface area contributed by atoms with Gasteiger partial charge in [-0.05, 0) is 28.8 Å². The molecule has 138 valence electrons. The number of carbonyl (C=O) groups excluding carboxylic acids is 1. The van der Waals surface area contributed by atoms with Gasteiger partial charge in [0.1, 0.15) is 11.9 Å². The summed E-state index contributed by atoms with van der Waals surface area (Å²) in [6.07, 6.45) is 3.62. The molecule has 0 aliphatic carbocycles. The molecule has 0 fully saturated rings. The maximum absolute atomic E-state index is 12.9. The Morgan fingerprint density at radius 3 is 2.07 bits per heavy atom. The highest BCUT2D eigenvalue weighted by Crippen LogP contribution is 2.22. The van der Waals surface area contributed by atoms with E-state index in [9.17, 15) is 4.79 Å². The van der Waals surface area contributed by atoms with Crippen molar-refractivity contribution in [3.05, 3.63) is 114 Å². The number of rotatable bonds is 5. The molecule has 4 heteroatoms. The van der Waals surface area contributed by atoms with Crippen LogP contribution in [0.25, 0.3) is 11.1 Å². The van der Waals surface area contributed by atoms with E-state index < -0.39 is 0 Å². The van der Waals surface area contributed by atoms with Gasteiger partial charge in [0.05, 0.1) is 0 Å². The van der Waals surface area contributed by atoms with Crippen LogP contribution in [0.3, 0.4) is 0 Å². The number of benzene rings is 3. The second kappa shape index (κ2) is 7.92. The summed E-state index contributed by atoms with van der Waals surface area (Å²) in [4.78, 5) is 17.4. The molecule has 4 nitrogen and oxygen atoms in total. The average Bonchev–Trinajstić information content (AvgIpc) is 3.19. The fourth-order valence-electron chi connectivity index (χ4n) is 3.26. The number of hydrogen-bond donors (Lipinski definition) is 1. The molecule has 4 rings (SSSR count). The van der Waals surface area contributed by atoms with Crippen molar-refractivity contribution in [3.63, 3.8) is 0 Å². The molecule has 3 aromatic carbocycles. The first-order valence-electron chi connectivity index (χ1n) is 9.21. The van der Waals surface area contributed by atoms with E-state index in [0.717, 1.165) is 22.5 Å². The molecule has 4 aromatic rings. The standard InChI is InChI=1S/C24H21N3O/c1-27-17-16-25-23(27)22(20-10-6-3-7-11-20)26-24(28)21-14-12-19(13-15-21)18-8-4-2-5-9-18/h2-17,22H,1H3,(H,26,28). The first-order chi connectivity index (χ1) is 13.7. The van der Waals surface area contributed by atoms with Gasteiger partial charge >= 0.3 is 0 Å². The van der Waals surface area contributed by atoms with Crippen molar-refractivity contribution in [3.8, 4) is 11.1 Å². The summed E-state index contributed by atoms with van der Waals surface area (Å²) < 4.78 is 1.93. The van der Waals surface area contributed by atoms with Gasteiger partial charge in [-0.3, -0.25) is 4.79 Å². The van der Waals surface area contributed by atoms with E-state index in [4.69, 9.17) is 0 Å². The quantitative estimate of drug-likeness (QED) is 0.560. The van der Waals surface area contributed by atoms with E-state index >= 15 is 0 Å². The number of carbonyl (C=O) groups is 1. The highest BCUT2D eigenvalue weighted by Gasteiger charge is 2.21. The van der Waals surface area contributed by atoms with Crippen molar-refractivity contribution in [1.82, 2.24) is 14.9 Å². The van der Waals surface area contributed by atoms with Crippen molar-refractivity contribution in [2.45, 2.75) is 6.04 Å². The zero-order chi connectivity index (χ0) is 19.3. The van der Waals surface area contributed by atoms with Crippen molar-refractivity contribution >= 4 is 5.91 Å². The minimum Gasteiger partial charge on any atom is -0.338 e. The molecule has 0 saturated carbocycles. The second-order valence-electron chi connectivity index (χ2n) is 6.66. The molecule has 0 bridgehead atoms. The Labute approximate surface area is 164 Å². The van der Waals surface area contributed by atoms with Gasteiger partial charge in [0.15, 0.2) is 0 Å². The summed E-state index contributed by atoms with van der Waals surface area (Å²) in [6.45, 7) is 0. The number of nitrogens with one attached hydrogen (secondary N) is 1. The molecule has 0 aliphatic rings. The van der Waals surface area contributed by atoms with Crippen LogP contribution in [0.4, 0.5) is 0 Å². The molecule has 0 spiro atoms. The van der Waals surface area contributed by atoms with Crippen LogP contribution in [0.2, 0.25) is 0 Å². The number of hydrogen-bond acceptors (Lipinski definition) is 2. The molecule has 1 unspecified atom stereocenters. The lowest BCUT2D eigenvalue weighted by Gasteiger charge is -2.19. The summed E-state index contributed by atoms with van der Waals surface area (Å²) in [5, 5.41) is 3.13. The summed E-state index contributed by atoms with van der Waals surface area (Å²) in [5.74, 6) is 0.664. The van der Waals surface area contributed by atoms with Gasteiger partial charge in [0.2, 0.25) is 0 Å². The zero-order valence-electron chi connectivity index (χ0n) is 15.6. The summed E-state index contributed by atoms with van der Waals surface area (Å²) >= 11 is 0. The van der Waals surface area contributed by atoms with E-state index in [2.05, 4.69) is 22.4 Å².